The summed E-state index contributed by atoms with van der Waals surface area (Å²) in [6, 6.07) is 6.16. The van der Waals surface area contributed by atoms with Gasteiger partial charge in [-0.1, -0.05) is 13.8 Å². The van der Waals surface area contributed by atoms with Crippen molar-refractivity contribution in [2.45, 2.75) is 56.6 Å². The number of carbonyl (C=O) groups is 1. The van der Waals surface area contributed by atoms with E-state index >= 15 is 0 Å². The molecule has 0 bridgehead atoms. The summed E-state index contributed by atoms with van der Waals surface area (Å²) >= 11 is 1.88. The van der Waals surface area contributed by atoms with Crippen LogP contribution in [0.5, 0.6) is 0 Å². The predicted octanol–water partition coefficient (Wildman–Crippen LogP) is 4.74. The van der Waals surface area contributed by atoms with Gasteiger partial charge >= 0.3 is 6.03 Å². The average molecular weight is 364 g/mol. The summed E-state index contributed by atoms with van der Waals surface area (Å²) in [6.07, 6.45) is 4.72. The molecule has 1 aliphatic heterocycles. The van der Waals surface area contributed by atoms with Crippen molar-refractivity contribution in [3.8, 4) is 0 Å². The van der Waals surface area contributed by atoms with Crippen molar-refractivity contribution in [1.82, 2.24) is 10.2 Å². The van der Waals surface area contributed by atoms with Gasteiger partial charge in [-0.15, -0.1) is 11.8 Å². The maximum Gasteiger partial charge on any atom is 0.319 e. The molecule has 4 nitrogen and oxygen atoms in total. The number of amides is 2. The minimum Gasteiger partial charge on any atom is -0.338 e. The number of piperidine rings is 1. The van der Waals surface area contributed by atoms with Crippen LogP contribution in [0.1, 0.15) is 45.1 Å². The number of benzene rings is 1. The lowest BCUT2D eigenvalue weighted by atomic mass is 9.94. The van der Waals surface area contributed by atoms with Gasteiger partial charge < -0.3 is 15.5 Å². The molecule has 0 saturated carbocycles. The second-order valence-electron chi connectivity index (χ2n) is 7.23. The van der Waals surface area contributed by atoms with Crippen LogP contribution in [-0.2, 0) is 0 Å². The Bertz CT molecular complexity index is 556. The van der Waals surface area contributed by atoms with Crippen LogP contribution in [0.2, 0.25) is 0 Å². The van der Waals surface area contributed by atoms with Gasteiger partial charge in [-0.2, -0.15) is 0 Å². The van der Waals surface area contributed by atoms with Crippen molar-refractivity contribution < 1.29 is 4.79 Å². The molecule has 1 atom stereocenters. The Balaban J connectivity index is 1.74. The monoisotopic (exact) mass is 363 g/mol. The highest BCUT2D eigenvalue weighted by molar-refractivity contribution is 7.99. The number of hydrogen-bond donors (Lipinski definition) is 2. The van der Waals surface area contributed by atoms with Crippen molar-refractivity contribution in [3.63, 3.8) is 0 Å². The molecule has 140 valence electrons. The molecule has 25 heavy (non-hydrogen) atoms. The van der Waals surface area contributed by atoms with E-state index in [1.165, 1.54) is 30.8 Å². The number of nitrogens with zero attached hydrogens (tertiary/aromatic N) is 1. The lowest BCUT2D eigenvalue weighted by molar-refractivity contribution is 0.211. The average Bonchev–Trinajstić information content (AvgIpc) is 2.59. The lowest BCUT2D eigenvalue weighted by Crippen LogP contribution is -2.34. The number of rotatable bonds is 7. The molecule has 0 radical (unpaired) electrons. The largest absolute Gasteiger partial charge is 0.338 e. The Labute approximate surface area is 157 Å². The highest BCUT2D eigenvalue weighted by atomic mass is 32.2. The number of likely N-dealkylation sites (tertiary alicyclic amines) is 1. The van der Waals surface area contributed by atoms with Gasteiger partial charge in [0.05, 0.1) is 0 Å². The number of aryl methyl sites for hydroxylation is 1. The fourth-order valence-corrected chi connectivity index (χ4v) is 4.10. The Hall–Kier alpha value is -1.20. The van der Waals surface area contributed by atoms with Gasteiger partial charge in [0.25, 0.3) is 0 Å². The Morgan fingerprint density at radius 3 is 2.72 bits per heavy atom. The van der Waals surface area contributed by atoms with Gasteiger partial charge in [0, 0.05) is 22.4 Å². The molecule has 1 aromatic rings. The molecule has 0 aromatic heterocycles. The van der Waals surface area contributed by atoms with E-state index in [2.05, 4.69) is 55.5 Å². The Kier molecular flexibility index (Phi) is 8.10. The molecular weight excluding hydrogens is 330 g/mol. The van der Waals surface area contributed by atoms with E-state index in [-0.39, 0.29) is 6.03 Å². The van der Waals surface area contributed by atoms with Crippen LogP contribution in [0, 0.1) is 12.8 Å². The van der Waals surface area contributed by atoms with E-state index in [1.807, 2.05) is 17.8 Å². The number of anilines is 1. The van der Waals surface area contributed by atoms with Gasteiger partial charge in [0.15, 0.2) is 0 Å². The molecule has 1 aromatic carbocycles. The molecule has 2 rings (SSSR count). The fourth-order valence-electron chi connectivity index (χ4n) is 3.07. The maximum absolute atomic E-state index is 12.1. The molecule has 1 unspecified atom stereocenters. The van der Waals surface area contributed by atoms with Crippen LogP contribution >= 0.6 is 11.8 Å². The van der Waals surface area contributed by atoms with E-state index in [1.54, 1.807) is 0 Å². The molecule has 5 heteroatoms. The van der Waals surface area contributed by atoms with E-state index in [0.29, 0.717) is 5.25 Å². The molecule has 1 fully saturated rings. The molecule has 1 aliphatic rings. The zero-order valence-electron chi connectivity index (χ0n) is 16.1. The standard InChI is InChI=1S/C20H33N3OS/c1-5-16(3)25-18-6-7-19(15(2)14-18)22-20(24)21-11-8-17-9-12-23(4)13-10-17/h6-7,14,16-17H,5,8-13H2,1-4H3,(H2,21,22,24). The van der Waals surface area contributed by atoms with Crippen molar-refractivity contribution in [1.29, 1.82) is 0 Å². The third kappa shape index (κ3) is 6.90. The SMILES string of the molecule is CCC(C)Sc1ccc(NC(=O)NCCC2CCN(C)CC2)c(C)c1. The van der Waals surface area contributed by atoms with Gasteiger partial charge in [-0.25, -0.2) is 4.79 Å². The number of nitrogens with one attached hydrogen (secondary N) is 2. The number of hydrogen-bond acceptors (Lipinski definition) is 3. The van der Waals surface area contributed by atoms with E-state index in [0.717, 1.165) is 36.6 Å². The van der Waals surface area contributed by atoms with Crippen LogP contribution in [0.25, 0.3) is 0 Å². The van der Waals surface area contributed by atoms with Gasteiger partial charge in [0.2, 0.25) is 0 Å². The summed E-state index contributed by atoms with van der Waals surface area (Å²) in [7, 11) is 2.18. The van der Waals surface area contributed by atoms with Crippen LogP contribution in [0.4, 0.5) is 10.5 Å². The highest BCUT2D eigenvalue weighted by Crippen LogP contribution is 2.28. The zero-order chi connectivity index (χ0) is 18.2. The summed E-state index contributed by atoms with van der Waals surface area (Å²) in [5.41, 5.74) is 2.00. The second kappa shape index (κ2) is 10.1. The first-order chi connectivity index (χ1) is 12.0. The quantitative estimate of drug-likeness (QED) is 0.688. The summed E-state index contributed by atoms with van der Waals surface area (Å²) in [4.78, 5) is 15.8. The third-order valence-corrected chi connectivity index (χ3v) is 6.30. The topological polar surface area (TPSA) is 44.4 Å². The van der Waals surface area contributed by atoms with Crippen LogP contribution in [0.3, 0.4) is 0 Å². The third-order valence-electron chi connectivity index (χ3n) is 5.03. The molecule has 2 amide bonds. The van der Waals surface area contributed by atoms with E-state index in [4.69, 9.17) is 0 Å². The van der Waals surface area contributed by atoms with Gasteiger partial charge in [0.1, 0.15) is 0 Å². The smallest absolute Gasteiger partial charge is 0.319 e. The van der Waals surface area contributed by atoms with Crippen LogP contribution < -0.4 is 10.6 Å². The van der Waals surface area contributed by atoms with Crippen molar-refractivity contribution in [3.05, 3.63) is 23.8 Å². The number of thioether (sulfide) groups is 1. The van der Waals surface area contributed by atoms with Crippen LogP contribution in [-0.4, -0.2) is 42.9 Å². The Morgan fingerprint density at radius 1 is 1.36 bits per heavy atom. The molecule has 0 spiro atoms. The van der Waals surface area contributed by atoms with Crippen molar-refractivity contribution in [2.75, 3.05) is 32.0 Å². The highest BCUT2D eigenvalue weighted by Gasteiger charge is 2.16. The number of carbonyl (C=O) groups excluding carboxylic acids is 1. The molecule has 1 heterocycles. The van der Waals surface area contributed by atoms with E-state index in [9.17, 15) is 4.79 Å². The first-order valence-electron chi connectivity index (χ1n) is 9.48. The maximum atomic E-state index is 12.1. The van der Waals surface area contributed by atoms with E-state index < -0.39 is 0 Å². The fraction of sp³-hybridized carbons (Fsp3) is 0.650. The van der Waals surface area contributed by atoms with Gasteiger partial charge in [-0.05, 0) is 82.4 Å². The van der Waals surface area contributed by atoms with Crippen molar-refractivity contribution in [2.24, 2.45) is 5.92 Å². The molecule has 2 N–H and O–H groups in total. The lowest BCUT2D eigenvalue weighted by Gasteiger charge is -2.28. The summed E-state index contributed by atoms with van der Waals surface area (Å²) in [6.45, 7) is 9.60. The molecule has 0 aliphatic carbocycles. The van der Waals surface area contributed by atoms with Crippen LogP contribution in [0.15, 0.2) is 23.1 Å². The van der Waals surface area contributed by atoms with Crippen molar-refractivity contribution >= 4 is 23.5 Å². The first kappa shape index (κ1) is 20.1. The summed E-state index contributed by atoms with van der Waals surface area (Å²) in [5, 5.41) is 6.60. The van der Waals surface area contributed by atoms with Gasteiger partial charge in [-0.3, -0.25) is 0 Å². The normalized spacial score (nSPS) is 17.3. The first-order valence-corrected chi connectivity index (χ1v) is 10.4. The summed E-state index contributed by atoms with van der Waals surface area (Å²) in [5.74, 6) is 0.745. The minimum atomic E-state index is -0.0987. The Morgan fingerprint density at radius 2 is 2.08 bits per heavy atom. The zero-order valence-corrected chi connectivity index (χ0v) is 16.9. The second-order valence-corrected chi connectivity index (χ2v) is 8.74. The predicted molar refractivity (Wildman–Crippen MR) is 109 cm³/mol. The summed E-state index contributed by atoms with van der Waals surface area (Å²) < 4.78 is 0. The molecular formula is C20H33N3OS. The number of urea groups is 1. The molecule has 1 saturated heterocycles. The minimum absolute atomic E-state index is 0.0987.